The highest BCUT2D eigenvalue weighted by Gasteiger charge is 2.35. The van der Waals surface area contributed by atoms with Gasteiger partial charge >= 0.3 is 0 Å². The number of nitrogens with zero attached hydrogens (tertiary/aromatic N) is 1. The number of hydrogen-bond acceptors (Lipinski definition) is 2. The standard InChI is InChI=1S/C13H17NO/c1-9-5-7-11(8-6-9)12-14-10(2)13(3,4)15-12/h5-8,10H,1-4H3. The monoisotopic (exact) mass is 203 g/mol. The Morgan fingerprint density at radius 1 is 1.20 bits per heavy atom. The molecular formula is C13H17NO. The van der Waals surface area contributed by atoms with Gasteiger partial charge in [0.25, 0.3) is 0 Å². The summed E-state index contributed by atoms with van der Waals surface area (Å²) in [7, 11) is 0. The topological polar surface area (TPSA) is 21.6 Å². The summed E-state index contributed by atoms with van der Waals surface area (Å²) in [5, 5.41) is 0. The van der Waals surface area contributed by atoms with Crippen molar-refractivity contribution in [1.82, 2.24) is 0 Å². The fourth-order valence-corrected chi connectivity index (χ4v) is 1.52. The van der Waals surface area contributed by atoms with Crippen molar-refractivity contribution in [3.8, 4) is 0 Å². The molecule has 1 heterocycles. The van der Waals surface area contributed by atoms with Crippen molar-refractivity contribution in [2.75, 3.05) is 0 Å². The van der Waals surface area contributed by atoms with E-state index in [9.17, 15) is 0 Å². The summed E-state index contributed by atoms with van der Waals surface area (Å²) in [6, 6.07) is 8.49. The second kappa shape index (κ2) is 3.37. The van der Waals surface area contributed by atoms with Crippen LogP contribution in [0.5, 0.6) is 0 Å². The predicted molar refractivity (Wildman–Crippen MR) is 62.3 cm³/mol. The molecule has 1 atom stereocenters. The van der Waals surface area contributed by atoms with E-state index in [2.05, 4.69) is 57.0 Å². The van der Waals surface area contributed by atoms with E-state index in [0.717, 1.165) is 11.5 Å². The molecule has 80 valence electrons. The van der Waals surface area contributed by atoms with Crippen LogP contribution in [0.4, 0.5) is 0 Å². The van der Waals surface area contributed by atoms with Crippen molar-refractivity contribution in [1.29, 1.82) is 0 Å². The molecule has 0 spiro atoms. The van der Waals surface area contributed by atoms with Gasteiger partial charge in [-0.1, -0.05) is 17.7 Å². The van der Waals surface area contributed by atoms with Crippen molar-refractivity contribution >= 4 is 5.90 Å². The van der Waals surface area contributed by atoms with Gasteiger partial charge in [0.2, 0.25) is 5.90 Å². The zero-order valence-corrected chi connectivity index (χ0v) is 9.74. The molecule has 0 fully saturated rings. The van der Waals surface area contributed by atoms with Crippen LogP contribution in [-0.4, -0.2) is 17.5 Å². The molecule has 1 aliphatic heterocycles. The molecule has 0 bridgehead atoms. The fraction of sp³-hybridized carbons (Fsp3) is 0.462. The number of aliphatic imine (C=N–C) groups is 1. The van der Waals surface area contributed by atoms with E-state index in [-0.39, 0.29) is 11.6 Å². The molecule has 0 aliphatic carbocycles. The molecular weight excluding hydrogens is 186 g/mol. The summed E-state index contributed by atoms with van der Waals surface area (Å²) in [5.41, 5.74) is 2.14. The highest BCUT2D eigenvalue weighted by molar-refractivity contribution is 5.95. The van der Waals surface area contributed by atoms with Crippen molar-refractivity contribution in [2.45, 2.75) is 39.3 Å². The van der Waals surface area contributed by atoms with Gasteiger partial charge in [-0.3, -0.25) is 0 Å². The van der Waals surface area contributed by atoms with Crippen LogP contribution in [0.15, 0.2) is 29.3 Å². The van der Waals surface area contributed by atoms with Crippen LogP contribution in [-0.2, 0) is 4.74 Å². The second-order valence-corrected chi connectivity index (χ2v) is 4.68. The third kappa shape index (κ3) is 1.89. The van der Waals surface area contributed by atoms with Gasteiger partial charge in [0.1, 0.15) is 5.60 Å². The van der Waals surface area contributed by atoms with Crippen LogP contribution >= 0.6 is 0 Å². The zero-order chi connectivity index (χ0) is 11.1. The van der Waals surface area contributed by atoms with Crippen molar-refractivity contribution in [2.24, 2.45) is 4.99 Å². The SMILES string of the molecule is Cc1ccc(C2=NC(C)C(C)(C)O2)cc1. The lowest BCUT2D eigenvalue weighted by molar-refractivity contribution is 0.103. The molecule has 1 unspecified atom stereocenters. The maximum Gasteiger partial charge on any atom is 0.217 e. The summed E-state index contributed by atoms with van der Waals surface area (Å²) in [5.74, 6) is 0.771. The average Bonchev–Trinajstić information content (AvgIpc) is 2.42. The Hall–Kier alpha value is -1.31. The number of hydrogen-bond donors (Lipinski definition) is 0. The molecule has 2 rings (SSSR count). The fourth-order valence-electron chi connectivity index (χ4n) is 1.52. The minimum absolute atomic E-state index is 0.180. The quantitative estimate of drug-likeness (QED) is 0.687. The predicted octanol–water partition coefficient (Wildman–Crippen LogP) is 2.94. The molecule has 15 heavy (non-hydrogen) atoms. The van der Waals surface area contributed by atoms with Gasteiger partial charge in [-0.15, -0.1) is 0 Å². The Morgan fingerprint density at radius 3 is 2.27 bits per heavy atom. The second-order valence-electron chi connectivity index (χ2n) is 4.68. The molecule has 0 amide bonds. The summed E-state index contributed by atoms with van der Waals surface area (Å²) in [6.45, 7) is 8.31. The molecule has 0 saturated carbocycles. The first-order valence-electron chi connectivity index (χ1n) is 5.33. The molecule has 0 N–H and O–H groups in total. The Bertz CT molecular complexity index is 390. The van der Waals surface area contributed by atoms with Crippen molar-refractivity contribution < 1.29 is 4.74 Å². The van der Waals surface area contributed by atoms with E-state index in [1.807, 2.05) is 0 Å². The van der Waals surface area contributed by atoms with Crippen LogP contribution in [0.2, 0.25) is 0 Å². The Kier molecular flexibility index (Phi) is 2.29. The molecule has 0 radical (unpaired) electrons. The maximum atomic E-state index is 5.84. The lowest BCUT2D eigenvalue weighted by Crippen LogP contribution is -2.31. The molecule has 1 aromatic rings. The van der Waals surface area contributed by atoms with Gasteiger partial charge in [0.15, 0.2) is 0 Å². The molecule has 2 heteroatoms. The molecule has 0 saturated heterocycles. The van der Waals surface area contributed by atoms with E-state index in [4.69, 9.17) is 4.74 Å². The first kappa shape index (κ1) is 10.2. The normalized spacial score (nSPS) is 23.5. The number of ether oxygens (including phenoxy) is 1. The summed E-state index contributed by atoms with van der Waals surface area (Å²) in [6.07, 6.45) is 0. The van der Waals surface area contributed by atoms with Gasteiger partial charge in [-0.05, 0) is 39.8 Å². The van der Waals surface area contributed by atoms with Crippen LogP contribution in [0.25, 0.3) is 0 Å². The van der Waals surface area contributed by atoms with Gasteiger partial charge < -0.3 is 4.74 Å². The third-order valence-corrected chi connectivity index (χ3v) is 2.98. The van der Waals surface area contributed by atoms with E-state index < -0.39 is 0 Å². The van der Waals surface area contributed by atoms with Crippen molar-refractivity contribution in [3.63, 3.8) is 0 Å². The average molecular weight is 203 g/mol. The number of benzene rings is 1. The zero-order valence-electron chi connectivity index (χ0n) is 9.74. The maximum absolute atomic E-state index is 5.84. The van der Waals surface area contributed by atoms with E-state index in [1.165, 1.54) is 5.56 Å². The minimum Gasteiger partial charge on any atom is -0.469 e. The van der Waals surface area contributed by atoms with E-state index >= 15 is 0 Å². The summed E-state index contributed by atoms with van der Waals surface area (Å²) in [4.78, 5) is 4.54. The smallest absolute Gasteiger partial charge is 0.217 e. The Labute approximate surface area is 91.0 Å². The first-order chi connectivity index (χ1) is 6.99. The molecule has 1 aromatic carbocycles. The molecule has 2 nitrogen and oxygen atoms in total. The highest BCUT2D eigenvalue weighted by atomic mass is 16.5. The Morgan fingerprint density at radius 2 is 1.80 bits per heavy atom. The van der Waals surface area contributed by atoms with E-state index in [1.54, 1.807) is 0 Å². The van der Waals surface area contributed by atoms with Crippen LogP contribution in [0.3, 0.4) is 0 Å². The number of rotatable bonds is 1. The van der Waals surface area contributed by atoms with Crippen molar-refractivity contribution in [3.05, 3.63) is 35.4 Å². The van der Waals surface area contributed by atoms with Crippen LogP contribution < -0.4 is 0 Å². The molecule has 0 aromatic heterocycles. The largest absolute Gasteiger partial charge is 0.469 e. The molecule has 1 aliphatic rings. The van der Waals surface area contributed by atoms with Crippen LogP contribution in [0.1, 0.15) is 31.9 Å². The van der Waals surface area contributed by atoms with E-state index in [0.29, 0.717) is 0 Å². The number of aryl methyl sites for hydroxylation is 1. The Balaban J connectivity index is 2.27. The van der Waals surface area contributed by atoms with Gasteiger partial charge in [-0.25, -0.2) is 4.99 Å². The first-order valence-corrected chi connectivity index (χ1v) is 5.33. The lowest BCUT2D eigenvalue weighted by Gasteiger charge is -2.21. The van der Waals surface area contributed by atoms with Gasteiger partial charge in [0, 0.05) is 5.56 Å². The third-order valence-electron chi connectivity index (χ3n) is 2.98. The van der Waals surface area contributed by atoms with Gasteiger partial charge in [-0.2, -0.15) is 0 Å². The lowest BCUT2D eigenvalue weighted by atomic mass is 10.0. The summed E-state index contributed by atoms with van der Waals surface area (Å²) < 4.78 is 5.84. The van der Waals surface area contributed by atoms with Gasteiger partial charge in [0.05, 0.1) is 6.04 Å². The minimum atomic E-state index is -0.180. The summed E-state index contributed by atoms with van der Waals surface area (Å²) >= 11 is 0. The highest BCUT2D eigenvalue weighted by Crippen LogP contribution is 2.27. The van der Waals surface area contributed by atoms with Crippen LogP contribution in [0, 0.1) is 6.92 Å².